The molecule has 100 valence electrons. The molecule has 0 atom stereocenters. The summed E-state index contributed by atoms with van der Waals surface area (Å²) in [6, 6.07) is 1.83. The summed E-state index contributed by atoms with van der Waals surface area (Å²) in [7, 11) is 4.85. The second-order valence-electron chi connectivity index (χ2n) is 4.51. The number of benzene rings is 1. The molecule has 0 bridgehead atoms. The highest BCUT2D eigenvalue weighted by Gasteiger charge is 2.40. The van der Waals surface area contributed by atoms with E-state index in [1.54, 1.807) is 21.3 Å². The molecule has 0 saturated heterocycles. The van der Waals surface area contributed by atoms with Gasteiger partial charge in [0.1, 0.15) is 5.75 Å². The lowest BCUT2D eigenvalue weighted by atomic mass is 9.72. The predicted molar refractivity (Wildman–Crippen MR) is 73.5 cm³/mol. The van der Waals surface area contributed by atoms with E-state index in [-0.39, 0.29) is 5.54 Å². The Balaban J connectivity index is 2.63. The number of ether oxygens (including phenoxy) is 3. The van der Waals surface area contributed by atoms with Crippen molar-refractivity contribution in [2.75, 3.05) is 21.3 Å². The topological polar surface area (TPSA) is 53.7 Å². The highest BCUT2D eigenvalue weighted by Crippen LogP contribution is 2.51. The summed E-state index contributed by atoms with van der Waals surface area (Å²) in [5, 5.41) is 0. The van der Waals surface area contributed by atoms with Gasteiger partial charge in [-0.25, -0.2) is 0 Å². The van der Waals surface area contributed by atoms with Crippen LogP contribution in [0.1, 0.15) is 24.8 Å². The number of methoxy groups -OCH3 is 3. The molecule has 1 aliphatic carbocycles. The molecule has 2 rings (SSSR count). The SMILES string of the molecule is COc1cc(OC)c(C2(N)CCC2)c(Br)c1OC. The van der Waals surface area contributed by atoms with E-state index in [4.69, 9.17) is 19.9 Å². The van der Waals surface area contributed by atoms with E-state index < -0.39 is 0 Å². The Bertz CT molecular complexity index is 458. The van der Waals surface area contributed by atoms with Crippen molar-refractivity contribution in [2.45, 2.75) is 24.8 Å². The molecular weight excluding hydrogens is 298 g/mol. The van der Waals surface area contributed by atoms with Crippen LogP contribution in [0.2, 0.25) is 0 Å². The Morgan fingerprint density at radius 3 is 2.11 bits per heavy atom. The molecule has 5 heteroatoms. The third-order valence-corrected chi connectivity index (χ3v) is 4.30. The standard InChI is InChI=1S/C13H18BrNO3/c1-16-8-7-9(17-2)12(18-3)11(14)10(8)13(15)5-4-6-13/h7H,4-6,15H2,1-3H3. The zero-order valence-corrected chi connectivity index (χ0v) is 12.5. The molecule has 0 heterocycles. The van der Waals surface area contributed by atoms with Gasteiger partial charge in [0, 0.05) is 17.2 Å². The third kappa shape index (κ3) is 1.95. The van der Waals surface area contributed by atoms with Crippen LogP contribution in [-0.4, -0.2) is 21.3 Å². The molecule has 0 spiro atoms. The molecule has 1 aromatic rings. The largest absolute Gasteiger partial charge is 0.496 e. The van der Waals surface area contributed by atoms with Crippen molar-refractivity contribution in [3.05, 3.63) is 16.1 Å². The number of nitrogens with two attached hydrogens (primary N) is 1. The first-order valence-electron chi connectivity index (χ1n) is 5.85. The Kier molecular flexibility index (Phi) is 3.73. The molecule has 0 radical (unpaired) electrons. The van der Waals surface area contributed by atoms with Crippen molar-refractivity contribution < 1.29 is 14.2 Å². The molecule has 1 saturated carbocycles. The van der Waals surface area contributed by atoms with E-state index in [9.17, 15) is 0 Å². The van der Waals surface area contributed by atoms with Gasteiger partial charge in [-0.3, -0.25) is 0 Å². The van der Waals surface area contributed by atoms with Crippen LogP contribution >= 0.6 is 15.9 Å². The summed E-state index contributed by atoms with van der Waals surface area (Å²) in [4.78, 5) is 0. The summed E-state index contributed by atoms with van der Waals surface area (Å²) in [5.41, 5.74) is 7.05. The zero-order valence-electron chi connectivity index (χ0n) is 10.9. The first-order chi connectivity index (χ1) is 8.57. The lowest BCUT2D eigenvalue weighted by Crippen LogP contribution is -2.43. The molecule has 18 heavy (non-hydrogen) atoms. The first-order valence-corrected chi connectivity index (χ1v) is 6.64. The van der Waals surface area contributed by atoms with Gasteiger partial charge in [0.25, 0.3) is 0 Å². The van der Waals surface area contributed by atoms with E-state index in [0.717, 1.165) is 35.0 Å². The third-order valence-electron chi connectivity index (χ3n) is 3.54. The molecule has 0 aromatic heterocycles. The fourth-order valence-corrected chi connectivity index (χ4v) is 3.31. The normalized spacial score (nSPS) is 16.9. The van der Waals surface area contributed by atoms with Crippen molar-refractivity contribution >= 4 is 15.9 Å². The minimum Gasteiger partial charge on any atom is -0.496 e. The summed E-state index contributed by atoms with van der Waals surface area (Å²) < 4.78 is 17.0. The highest BCUT2D eigenvalue weighted by atomic mass is 79.9. The second-order valence-corrected chi connectivity index (χ2v) is 5.31. The average molecular weight is 316 g/mol. The number of hydrogen-bond donors (Lipinski definition) is 1. The fourth-order valence-electron chi connectivity index (χ4n) is 2.36. The van der Waals surface area contributed by atoms with Crippen LogP contribution < -0.4 is 19.9 Å². The van der Waals surface area contributed by atoms with Crippen LogP contribution in [0.15, 0.2) is 10.5 Å². The van der Waals surface area contributed by atoms with Gasteiger partial charge in [-0.2, -0.15) is 0 Å². The maximum atomic E-state index is 6.41. The molecule has 1 aliphatic rings. The van der Waals surface area contributed by atoms with Crippen LogP contribution in [0, 0.1) is 0 Å². The Morgan fingerprint density at radius 2 is 1.72 bits per heavy atom. The molecule has 1 fully saturated rings. The number of hydrogen-bond acceptors (Lipinski definition) is 4. The van der Waals surface area contributed by atoms with Gasteiger partial charge < -0.3 is 19.9 Å². The lowest BCUT2D eigenvalue weighted by molar-refractivity contribution is 0.240. The van der Waals surface area contributed by atoms with E-state index in [2.05, 4.69) is 15.9 Å². The quantitative estimate of drug-likeness (QED) is 0.928. The number of rotatable bonds is 4. The van der Waals surface area contributed by atoms with Crippen LogP contribution in [0.4, 0.5) is 0 Å². The first kappa shape index (κ1) is 13.5. The highest BCUT2D eigenvalue weighted by molar-refractivity contribution is 9.10. The van der Waals surface area contributed by atoms with Crippen molar-refractivity contribution in [3.8, 4) is 17.2 Å². The molecule has 0 unspecified atom stereocenters. The van der Waals surface area contributed by atoms with Crippen LogP contribution in [0.5, 0.6) is 17.2 Å². The van der Waals surface area contributed by atoms with Crippen molar-refractivity contribution in [3.63, 3.8) is 0 Å². The van der Waals surface area contributed by atoms with Gasteiger partial charge >= 0.3 is 0 Å². The predicted octanol–water partition coefficient (Wildman–Crippen LogP) is 2.81. The lowest BCUT2D eigenvalue weighted by Gasteiger charge is -2.40. The Morgan fingerprint density at radius 1 is 1.11 bits per heavy atom. The van der Waals surface area contributed by atoms with Crippen molar-refractivity contribution in [2.24, 2.45) is 5.73 Å². The maximum Gasteiger partial charge on any atom is 0.175 e. The van der Waals surface area contributed by atoms with Crippen molar-refractivity contribution in [1.82, 2.24) is 0 Å². The second kappa shape index (κ2) is 4.97. The fraction of sp³-hybridized carbons (Fsp3) is 0.538. The molecule has 0 aliphatic heterocycles. The number of halogens is 1. The zero-order chi connectivity index (χ0) is 13.3. The van der Waals surface area contributed by atoms with Gasteiger partial charge in [-0.15, -0.1) is 0 Å². The van der Waals surface area contributed by atoms with E-state index in [1.807, 2.05) is 6.07 Å². The molecule has 2 N–H and O–H groups in total. The summed E-state index contributed by atoms with van der Waals surface area (Å²) in [5.74, 6) is 2.03. The van der Waals surface area contributed by atoms with Crippen LogP contribution in [0.3, 0.4) is 0 Å². The van der Waals surface area contributed by atoms with E-state index in [1.165, 1.54) is 0 Å². The molecular formula is C13H18BrNO3. The smallest absolute Gasteiger partial charge is 0.175 e. The summed E-state index contributed by atoms with van der Waals surface area (Å²) in [6.45, 7) is 0. The summed E-state index contributed by atoms with van der Waals surface area (Å²) in [6.07, 6.45) is 3.05. The van der Waals surface area contributed by atoms with Gasteiger partial charge in [0.2, 0.25) is 0 Å². The Labute approximate surface area is 116 Å². The van der Waals surface area contributed by atoms with E-state index >= 15 is 0 Å². The van der Waals surface area contributed by atoms with Gasteiger partial charge in [-0.05, 0) is 35.2 Å². The summed E-state index contributed by atoms with van der Waals surface area (Å²) >= 11 is 3.57. The minimum absolute atomic E-state index is 0.330. The molecule has 0 amide bonds. The maximum absolute atomic E-state index is 6.41. The van der Waals surface area contributed by atoms with Gasteiger partial charge in [-0.1, -0.05) is 0 Å². The van der Waals surface area contributed by atoms with E-state index in [0.29, 0.717) is 11.5 Å². The van der Waals surface area contributed by atoms with Gasteiger partial charge in [0.15, 0.2) is 11.5 Å². The molecule has 1 aromatic carbocycles. The average Bonchev–Trinajstić information content (AvgIpc) is 2.34. The molecule has 4 nitrogen and oxygen atoms in total. The van der Waals surface area contributed by atoms with Crippen LogP contribution in [-0.2, 0) is 5.54 Å². The van der Waals surface area contributed by atoms with Crippen molar-refractivity contribution in [1.29, 1.82) is 0 Å². The van der Waals surface area contributed by atoms with Gasteiger partial charge in [0.05, 0.1) is 25.8 Å². The monoisotopic (exact) mass is 315 g/mol. The minimum atomic E-state index is -0.330. The van der Waals surface area contributed by atoms with Crippen LogP contribution in [0.25, 0.3) is 0 Å². The Hall–Kier alpha value is -0.940.